The summed E-state index contributed by atoms with van der Waals surface area (Å²) in [5.74, 6) is -0.898. The molecule has 2 rings (SSSR count). The first-order valence-electron chi connectivity index (χ1n) is 5.13. The van der Waals surface area contributed by atoms with Crippen LogP contribution < -0.4 is 25.0 Å². The number of hydrogen-bond acceptors (Lipinski definition) is 6. The summed E-state index contributed by atoms with van der Waals surface area (Å²) in [6.45, 7) is 0.231. The number of aliphatic hydroxyl groups excluding tert-OH is 1. The topological polar surface area (TPSA) is 94.8 Å². The van der Waals surface area contributed by atoms with Gasteiger partial charge in [-0.15, -0.1) is 0 Å². The number of alkyl halides is 2. The number of aliphatic hydroxyl groups is 1. The van der Waals surface area contributed by atoms with Gasteiger partial charge in [0.25, 0.3) is 0 Å². The van der Waals surface area contributed by atoms with Crippen LogP contribution in [0.3, 0.4) is 0 Å². The summed E-state index contributed by atoms with van der Waals surface area (Å²) in [4.78, 5) is 23.3. The van der Waals surface area contributed by atoms with E-state index in [2.05, 4.69) is 3.53 Å². The summed E-state index contributed by atoms with van der Waals surface area (Å²) >= 11 is 1.85. The summed E-state index contributed by atoms with van der Waals surface area (Å²) in [5.41, 5.74) is 0. The average molecular weight is 468 g/mol. The van der Waals surface area contributed by atoms with Crippen molar-refractivity contribution in [3.63, 3.8) is 0 Å². The monoisotopic (exact) mass is 468 g/mol. The van der Waals surface area contributed by atoms with Crippen LogP contribution in [0.4, 0.5) is 0 Å². The number of esters is 2. The fourth-order valence-electron chi connectivity index (χ4n) is 1.51. The molecule has 0 amide bonds. The SMILES string of the molecule is O=C1OCCC1OC(=O)C(I)(CCO)C1N[I-]1. The number of carbonyl (C=O) groups excluding carboxylic acids is 2. The molecular weight excluding hydrogens is 456 g/mol. The Hall–Kier alpha value is 0.320. The molecule has 0 bridgehead atoms. The molecule has 0 aromatic heterocycles. The van der Waals surface area contributed by atoms with Gasteiger partial charge < -0.3 is 0 Å². The molecular formula is C9H12I2NO5-. The van der Waals surface area contributed by atoms with Crippen LogP contribution in [0, 0.1) is 0 Å². The van der Waals surface area contributed by atoms with Gasteiger partial charge in [0.1, 0.15) is 0 Å². The molecule has 6 nitrogen and oxygen atoms in total. The molecule has 8 heteroatoms. The van der Waals surface area contributed by atoms with Gasteiger partial charge in [-0.3, -0.25) is 0 Å². The number of ether oxygens (including phenoxy) is 2. The van der Waals surface area contributed by atoms with Crippen molar-refractivity contribution in [3.05, 3.63) is 0 Å². The van der Waals surface area contributed by atoms with E-state index in [1.54, 1.807) is 0 Å². The fraction of sp³-hybridized carbons (Fsp3) is 0.778. The first-order chi connectivity index (χ1) is 8.08. The summed E-state index contributed by atoms with van der Waals surface area (Å²) in [6.07, 6.45) is -0.0120. The molecule has 3 atom stereocenters. The average Bonchev–Trinajstić information content (AvgIpc) is 3.06. The van der Waals surface area contributed by atoms with E-state index in [1.165, 1.54) is 0 Å². The molecule has 2 aliphatic rings. The third-order valence-electron chi connectivity index (χ3n) is 2.57. The molecule has 0 aromatic rings. The predicted octanol–water partition coefficient (Wildman–Crippen LogP) is -3.67. The first-order valence-corrected chi connectivity index (χ1v) is 8.53. The van der Waals surface area contributed by atoms with Crippen LogP contribution in [-0.2, 0) is 19.1 Å². The van der Waals surface area contributed by atoms with Gasteiger partial charge in [0.2, 0.25) is 0 Å². The van der Waals surface area contributed by atoms with Crippen molar-refractivity contribution in [2.24, 2.45) is 0 Å². The van der Waals surface area contributed by atoms with Crippen molar-refractivity contribution >= 4 is 34.5 Å². The normalized spacial score (nSPS) is 31.1. The molecule has 2 saturated heterocycles. The van der Waals surface area contributed by atoms with Crippen molar-refractivity contribution in [2.75, 3.05) is 13.2 Å². The summed E-state index contributed by atoms with van der Waals surface area (Å²) in [6, 6.07) is 0. The van der Waals surface area contributed by atoms with Gasteiger partial charge in [-0.2, -0.15) is 0 Å². The Morgan fingerprint density at radius 2 is 2.47 bits per heavy atom. The van der Waals surface area contributed by atoms with Crippen molar-refractivity contribution in [2.45, 2.75) is 26.4 Å². The molecule has 2 heterocycles. The molecule has 17 heavy (non-hydrogen) atoms. The van der Waals surface area contributed by atoms with Crippen LogP contribution in [0.1, 0.15) is 12.8 Å². The van der Waals surface area contributed by atoms with Gasteiger partial charge >= 0.3 is 123 Å². The van der Waals surface area contributed by atoms with E-state index in [0.717, 1.165) is 0 Å². The summed E-state index contributed by atoms with van der Waals surface area (Å²) in [5, 5.41) is 9.02. The predicted molar refractivity (Wildman–Crippen MR) is 60.8 cm³/mol. The van der Waals surface area contributed by atoms with Gasteiger partial charge in [0.05, 0.1) is 0 Å². The first kappa shape index (κ1) is 13.7. The van der Waals surface area contributed by atoms with Gasteiger partial charge in [-0.25, -0.2) is 0 Å². The number of rotatable bonds is 5. The van der Waals surface area contributed by atoms with Crippen LogP contribution in [-0.4, -0.2) is 43.8 Å². The van der Waals surface area contributed by atoms with Gasteiger partial charge in [0.15, 0.2) is 0 Å². The Bertz CT molecular complexity index is 335. The second-order valence-corrected chi connectivity index (χ2v) is 8.18. The zero-order chi connectivity index (χ0) is 12.5. The molecule has 0 radical (unpaired) electrons. The Morgan fingerprint density at radius 3 is 2.94 bits per heavy atom. The number of carbonyl (C=O) groups is 2. The van der Waals surface area contributed by atoms with Gasteiger partial charge in [-0.1, -0.05) is 0 Å². The van der Waals surface area contributed by atoms with Gasteiger partial charge in [0, 0.05) is 0 Å². The molecule has 0 aromatic carbocycles. The molecule has 2 N–H and O–H groups in total. The van der Waals surface area contributed by atoms with E-state index in [4.69, 9.17) is 14.6 Å². The van der Waals surface area contributed by atoms with E-state index in [9.17, 15) is 9.59 Å². The Kier molecular flexibility index (Phi) is 4.47. The number of nitrogens with one attached hydrogen (secondary N) is 1. The Balaban J connectivity index is 1.99. The second kappa shape index (κ2) is 5.53. The molecule has 0 aliphatic carbocycles. The van der Waals surface area contributed by atoms with Crippen LogP contribution in [0.5, 0.6) is 0 Å². The minimum atomic E-state index is -0.771. The summed E-state index contributed by atoms with van der Waals surface area (Å²) < 4.78 is 12.5. The van der Waals surface area contributed by atoms with Crippen molar-refractivity contribution < 1.29 is 45.6 Å². The van der Waals surface area contributed by atoms with E-state index >= 15 is 0 Å². The van der Waals surface area contributed by atoms with E-state index in [-0.39, 0.29) is 32.1 Å². The third kappa shape index (κ3) is 3.01. The van der Waals surface area contributed by atoms with Crippen molar-refractivity contribution in [1.82, 2.24) is 3.53 Å². The zero-order valence-electron chi connectivity index (χ0n) is 8.82. The van der Waals surface area contributed by atoms with Crippen molar-refractivity contribution in [1.29, 1.82) is 0 Å². The number of cyclic esters (lactones) is 1. The molecule has 98 valence electrons. The second-order valence-electron chi connectivity index (χ2n) is 3.77. The van der Waals surface area contributed by atoms with Crippen LogP contribution in [0.2, 0.25) is 0 Å². The van der Waals surface area contributed by atoms with Crippen LogP contribution in [0.15, 0.2) is 0 Å². The van der Waals surface area contributed by atoms with Crippen LogP contribution >= 0.6 is 22.6 Å². The molecule has 3 unspecified atom stereocenters. The maximum absolute atomic E-state index is 12.1. The van der Waals surface area contributed by atoms with E-state index < -0.39 is 21.5 Å². The molecule has 0 spiro atoms. The minimum absolute atomic E-state index is 0.0743. The van der Waals surface area contributed by atoms with E-state index in [0.29, 0.717) is 19.4 Å². The Morgan fingerprint density at radius 1 is 1.76 bits per heavy atom. The van der Waals surface area contributed by atoms with Crippen molar-refractivity contribution in [3.8, 4) is 0 Å². The molecule has 2 fully saturated rings. The number of halogens is 2. The molecule has 0 saturated carbocycles. The zero-order valence-corrected chi connectivity index (χ0v) is 13.1. The van der Waals surface area contributed by atoms with Gasteiger partial charge in [-0.05, 0) is 0 Å². The standard InChI is InChI=1S/C9H12I2NO5/c10-9(2-3-13,7-11-12-7)8(15)17-5-1-4-16-6(5)14/h5,7,12-13H,1-4H2/q-1. The molecule has 2 aliphatic heterocycles. The Labute approximate surface area is 123 Å². The fourth-order valence-corrected chi connectivity index (χ4v) is 5.19. The quantitative estimate of drug-likeness (QED) is 0.108. The summed E-state index contributed by atoms with van der Waals surface area (Å²) in [7, 11) is 0. The number of hydrogen-bond donors (Lipinski definition) is 2. The van der Waals surface area contributed by atoms with E-state index in [1.807, 2.05) is 22.6 Å². The third-order valence-corrected chi connectivity index (χ3v) is 7.67. The van der Waals surface area contributed by atoms with Crippen LogP contribution in [0.25, 0.3) is 0 Å². The maximum atomic E-state index is 12.1.